The van der Waals surface area contributed by atoms with Crippen LogP contribution in [0.5, 0.6) is 0 Å². The predicted octanol–water partition coefficient (Wildman–Crippen LogP) is 3.10. The molecule has 1 N–H and O–H groups in total. The second kappa shape index (κ2) is 4.94. The largest absolute Gasteiger partial charge is 0.299 e. The van der Waals surface area contributed by atoms with Gasteiger partial charge < -0.3 is 0 Å². The number of terminal acetylenes is 1. The van der Waals surface area contributed by atoms with E-state index in [4.69, 9.17) is 18.0 Å². The van der Waals surface area contributed by atoms with E-state index in [0.29, 0.717) is 12.6 Å². The molecule has 78 valence electrons. The molecule has 3 heteroatoms. The summed E-state index contributed by atoms with van der Waals surface area (Å²) in [6.07, 6.45) is 6.36. The molecule has 1 atom stereocenters. The fourth-order valence-electron chi connectivity index (χ4n) is 1.76. The van der Waals surface area contributed by atoms with Crippen LogP contribution in [0.15, 0.2) is 23.1 Å². The van der Waals surface area contributed by atoms with Crippen molar-refractivity contribution in [2.75, 3.05) is 12.3 Å². The number of thioether (sulfide) groups is 1. The minimum Gasteiger partial charge on any atom is -0.299 e. The molecule has 0 spiro atoms. The van der Waals surface area contributed by atoms with E-state index in [9.17, 15) is 0 Å². The van der Waals surface area contributed by atoms with E-state index in [1.54, 1.807) is 0 Å². The van der Waals surface area contributed by atoms with Gasteiger partial charge in [-0.15, -0.1) is 18.2 Å². The van der Waals surface area contributed by atoms with Gasteiger partial charge in [0.05, 0.1) is 6.54 Å². The summed E-state index contributed by atoms with van der Waals surface area (Å²) < 4.78 is 0. The molecule has 0 aliphatic carbocycles. The van der Waals surface area contributed by atoms with Crippen LogP contribution in [0, 0.1) is 12.3 Å². The lowest BCUT2D eigenvalue weighted by Crippen LogP contribution is -2.24. The summed E-state index contributed by atoms with van der Waals surface area (Å²) in [7, 11) is 0. The number of benzene rings is 1. The second-order valence-corrected chi connectivity index (χ2v) is 5.03. The Labute approximate surface area is 99.6 Å². The number of nitrogens with one attached hydrogen (secondary N) is 1. The lowest BCUT2D eigenvalue weighted by atomic mass is 10.0. The van der Waals surface area contributed by atoms with Crippen molar-refractivity contribution in [3.63, 3.8) is 0 Å². The van der Waals surface area contributed by atoms with Gasteiger partial charge in [0.15, 0.2) is 0 Å². The smallest absolute Gasteiger partial charge is 0.0578 e. The Morgan fingerprint density at radius 2 is 2.47 bits per heavy atom. The zero-order valence-electron chi connectivity index (χ0n) is 8.29. The summed E-state index contributed by atoms with van der Waals surface area (Å²) in [5, 5.41) is 4.14. The van der Waals surface area contributed by atoms with Crippen LogP contribution in [0.25, 0.3) is 0 Å². The minimum absolute atomic E-state index is 0.357. The van der Waals surface area contributed by atoms with Gasteiger partial charge in [-0.1, -0.05) is 17.5 Å². The highest BCUT2D eigenvalue weighted by Gasteiger charge is 2.19. The Bertz CT molecular complexity index is 397. The molecule has 1 heterocycles. The lowest BCUT2D eigenvalue weighted by molar-refractivity contribution is 0.545. The normalized spacial score (nSPS) is 19.3. The van der Waals surface area contributed by atoms with Gasteiger partial charge in [0.2, 0.25) is 0 Å². The van der Waals surface area contributed by atoms with Crippen molar-refractivity contribution < 1.29 is 0 Å². The molecule has 2 rings (SSSR count). The Morgan fingerprint density at radius 3 is 3.27 bits per heavy atom. The highest BCUT2D eigenvalue weighted by molar-refractivity contribution is 7.99. The average Bonchev–Trinajstić information content (AvgIpc) is 2.26. The highest BCUT2D eigenvalue weighted by Crippen LogP contribution is 2.37. The second-order valence-electron chi connectivity index (χ2n) is 3.46. The monoisotopic (exact) mass is 237 g/mol. The summed E-state index contributed by atoms with van der Waals surface area (Å²) >= 11 is 7.88. The van der Waals surface area contributed by atoms with Crippen molar-refractivity contribution >= 4 is 23.4 Å². The zero-order chi connectivity index (χ0) is 10.7. The van der Waals surface area contributed by atoms with Crippen LogP contribution in [0.3, 0.4) is 0 Å². The first-order valence-corrected chi connectivity index (χ1v) is 6.26. The number of rotatable bonds is 2. The van der Waals surface area contributed by atoms with E-state index in [2.05, 4.69) is 17.3 Å². The highest BCUT2D eigenvalue weighted by atomic mass is 35.5. The first-order valence-electron chi connectivity index (χ1n) is 4.90. The first-order chi connectivity index (χ1) is 7.31. The fourth-order valence-corrected chi connectivity index (χ4v) is 3.05. The molecule has 0 bridgehead atoms. The standard InChI is InChI=1S/C12H12ClNS/c1-2-6-14-11-5-7-15-12-4-3-9(13)8-10(11)12/h1,3-4,8,11,14H,5-7H2. The van der Waals surface area contributed by atoms with Crippen molar-refractivity contribution in [2.24, 2.45) is 0 Å². The van der Waals surface area contributed by atoms with Crippen LogP contribution in [-0.4, -0.2) is 12.3 Å². The van der Waals surface area contributed by atoms with Crippen LogP contribution in [0.2, 0.25) is 5.02 Å². The number of halogens is 1. The molecule has 0 radical (unpaired) electrons. The third-order valence-electron chi connectivity index (χ3n) is 2.46. The van der Waals surface area contributed by atoms with E-state index in [1.165, 1.54) is 10.5 Å². The van der Waals surface area contributed by atoms with Crippen molar-refractivity contribution in [2.45, 2.75) is 17.4 Å². The minimum atomic E-state index is 0.357. The molecule has 0 fully saturated rings. The molecule has 1 aromatic carbocycles. The predicted molar refractivity (Wildman–Crippen MR) is 66.4 cm³/mol. The first kappa shape index (κ1) is 10.9. The summed E-state index contributed by atoms with van der Waals surface area (Å²) in [5.41, 5.74) is 1.29. The van der Waals surface area contributed by atoms with Crippen LogP contribution < -0.4 is 5.32 Å². The molecule has 0 saturated heterocycles. The maximum Gasteiger partial charge on any atom is 0.0578 e. The zero-order valence-corrected chi connectivity index (χ0v) is 9.87. The van der Waals surface area contributed by atoms with Crippen LogP contribution >= 0.6 is 23.4 Å². The van der Waals surface area contributed by atoms with Crippen molar-refractivity contribution in [3.8, 4) is 12.3 Å². The van der Waals surface area contributed by atoms with E-state index in [1.807, 2.05) is 23.9 Å². The lowest BCUT2D eigenvalue weighted by Gasteiger charge is -2.25. The maximum atomic E-state index is 6.00. The van der Waals surface area contributed by atoms with E-state index in [-0.39, 0.29) is 0 Å². The van der Waals surface area contributed by atoms with E-state index >= 15 is 0 Å². The van der Waals surface area contributed by atoms with Crippen LogP contribution in [-0.2, 0) is 0 Å². The van der Waals surface area contributed by atoms with Crippen molar-refractivity contribution in [3.05, 3.63) is 28.8 Å². The molecule has 0 saturated carbocycles. The molecule has 1 unspecified atom stereocenters. The topological polar surface area (TPSA) is 12.0 Å². The molecule has 1 aliphatic heterocycles. The van der Waals surface area contributed by atoms with Gasteiger partial charge >= 0.3 is 0 Å². The van der Waals surface area contributed by atoms with Gasteiger partial charge in [-0.25, -0.2) is 0 Å². The molecule has 0 amide bonds. The number of hydrogen-bond donors (Lipinski definition) is 1. The van der Waals surface area contributed by atoms with Gasteiger partial charge in [0.25, 0.3) is 0 Å². The van der Waals surface area contributed by atoms with Crippen LogP contribution in [0.4, 0.5) is 0 Å². The van der Waals surface area contributed by atoms with E-state index in [0.717, 1.165) is 17.2 Å². The summed E-state index contributed by atoms with van der Waals surface area (Å²) in [6.45, 7) is 0.612. The summed E-state index contributed by atoms with van der Waals surface area (Å²) in [5.74, 6) is 3.75. The van der Waals surface area contributed by atoms with Crippen molar-refractivity contribution in [1.82, 2.24) is 5.32 Å². The maximum absolute atomic E-state index is 6.00. The quantitative estimate of drug-likeness (QED) is 0.794. The average molecular weight is 238 g/mol. The Morgan fingerprint density at radius 1 is 1.60 bits per heavy atom. The van der Waals surface area contributed by atoms with Gasteiger partial charge in [-0.3, -0.25) is 5.32 Å². The van der Waals surface area contributed by atoms with Gasteiger partial charge in [-0.2, -0.15) is 0 Å². The molecule has 1 nitrogen and oxygen atoms in total. The molecular weight excluding hydrogens is 226 g/mol. The third kappa shape index (κ3) is 2.49. The summed E-state index contributed by atoms with van der Waals surface area (Å²) in [4.78, 5) is 1.32. The Kier molecular flexibility index (Phi) is 3.58. The third-order valence-corrected chi connectivity index (χ3v) is 3.82. The van der Waals surface area contributed by atoms with Crippen LogP contribution in [0.1, 0.15) is 18.0 Å². The van der Waals surface area contributed by atoms with Crippen molar-refractivity contribution in [1.29, 1.82) is 0 Å². The van der Waals surface area contributed by atoms with Gasteiger partial charge in [0, 0.05) is 16.0 Å². The molecule has 15 heavy (non-hydrogen) atoms. The Hall–Kier alpha value is -0.620. The fraction of sp³-hybridized carbons (Fsp3) is 0.333. The SMILES string of the molecule is C#CCNC1CCSc2ccc(Cl)cc21. The number of fused-ring (bicyclic) bond motifs is 1. The molecule has 1 aromatic rings. The molecule has 0 aromatic heterocycles. The summed E-state index contributed by atoms with van der Waals surface area (Å²) in [6, 6.07) is 6.43. The Balaban J connectivity index is 2.25. The van der Waals surface area contributed by atoms with Gasteiger partial charge in [-0.05, 0) is 35.9 Å². The molecule has 1 aliphatic rings. The van der Waals surface area contributed by atoms with Gasteiger partial charge in [0.1, 0.15) is 0 Å². The molecular formula is C12H12ClNS. The van der Waals surface area contributed by atoms with E-state index < -0.39 is 0 Å². The number of hydrogen-bond acceptors (Lipinski definition) is 2.